The topological polar surface area (TPSA) is 93.7 Å². The lowest BCUT2D eigenvalue weighted by Gasteiger charge is -2.64. The van der Waals surface area contributed by atoms with Crippen molar-refractivity contribution < 1.29 is 14.6 Å². The molecule has 0 bridgehead atoms. The summed E-state index contributed by atoms with van der Waals surface area (Å²) in [6.07, 6.45) is 17.2. The van der Waals surface area contributed by atoms with E-state index in [0.29, 0.717) is 42.4 Å². The van der Waals surface area contributed by atoms with E-state index >= 15 is 0 Å². The molecule has 0 amide bonds. The van der Waals surface area contributed by atoms with Crippen molar-refractivity contribution >= 4 is 0 Å². The Hall–Kier alpha value is -1.12. The lowest BCUT2D eigenvalue weighted by Crippen LogP contribution is -2.65. The number of ether oxygens (including phenoxy) is 2. The number of aromatic nitrogens is 2. The number of hydrogen-bond acceptors (Lipinski definition) is 7. The monoisotopic (exact) mass is 540 g/mol. The maximum atomic E-state index is 12.8. The molecule has 5 fully saturated rings. The molecule has 0 aromatic carbocycles. The van der Waals surface area contributed by atoms with E-state index in [1.54, 1.807) is 6.20 Å². The third-order valence-corrected chi connectivity index (χ3v) is 12.6. The molecule has 3 N–H and O–H groups in total. The van der Waals surface area contributed by atoms with Gasteiger partial charge in [-0.1, -0.05) is 13.8 Å². The molecule has 5 aliphatic rings. The normalized spacial score (nSPS) is 44.1. The highest BCUT2D eigenvalue weighted by molar-refractivity contribution is 5.31. The number of aliphatic hydroxyl groups is 1. The van der Waals surface area contributed by atoms with Gasteiger partial charge in [-0.2, -0.15) is 10.2 Å². The third-order valence-electron chi connectivity index (χ3n) is 12.6. The van der Waals surface area contributed by atoms with Crippen LogP contribution in [0.1, 0.15) is 96.5 Å². The highest BCUT2D eigenvalue weighted by Gasteiger charge is 2.73. The smallest absolute Gasteiger partial charge is 0.103 e. The van der Waals surface area contributed by atoms with E-state index in [0.717, 1.165) is 57.2 Å². The van der Waals surface area contributed by atoms with Crippen LogP contribution in [0.4, 0.5) is 0 Å². The number of rotatable bonds is 9. The minimum atomic E-state index is -0.737. The summed E-state index contributed by atoms with van der Waals surface area (Å²) < 4.78 is 13.3. The Bertz CT molecular complexity index is 975. The summed E-state index contributed by atoms with van der Waals surface area (Å²) in [6.45, 7) is 10.6. The zero-order valence-corrected chi connectivity index (χ0v) is 24.5. The van der Waals surface area contributed by atoms with Gasteiger partial charge in [0.25, 0.3) is 0 Å². The summed E-state index contributed by atoms with van der Waals surface area (Å²) in [6, 6.07) is 2.06. The van der Waals surface area contributed by atoms with E-state index in [2.05, 4.69) is 35.0 Å². The zero-order chi connectivity index (χ0) is 27.1. The highest BCUT2D eigenvalue weighted by atomic mass is 16.5. The lowest BCUT2D eigenvalue weighted by atomic mass is 9.42. The largest absolute Gasteiger partial charge is 0.389 e. The Labute approximate surface area is 235 Å². The molecule has 39 heavy (non-hydrogen) atoms. The quantitative estimate of drug-likeness (QED) is 0.440. The van der Waals surface area contributed by atoms with Crippen LogP contribution in [-0.4, -0.2) is 71.3 Å². The number of nitrogens with two attached hydrogens (primary N) is 1. The molecule has 1 aromatic heterocycles. The summed E-state index contributed by atoms with van der Waals surface area (Å²) in [5, 5.41) is 21.1. The minimum absolute atomic E-state index is 0.290. The predicted molar refractivity (Wildman–Crippen MR) is 152 cm³/mol. The van der Waals surface area contributed by atoms with Gasteiger partial charge in [0.05, 0.1) is 24.5 Å². The molecule has 7 nitrogen and oxygen atoms in total. The van der Waals surface area contributed by atoms with Gasteiger partial charge in [0.1, 0.15) is 5.60 Å². The highest BCUT2D eigenvalue weighted by Crippen LogP contribution is 2.72. The predicted octanol–water partition coefficient (Wildman–Crippen LogP) is 4.68. The number of nitrogens with zero attached hydrogens (tertiary/aromatic N) is 3. The molecule has 1 aromatic rings. The molecule has 4 saturated carbocycles. The van der Waals surface area contributed by atoms with Gasteiger partial charge in [-0.15, -0.1) is 0 Å². The van der Waals surface area contributed by atoms with Crippen molar-refractivity contribution in [3.8, 4) is 0 Å². The second kappa shape index (κ2) is 10.9. The SMILES string of the molecule is C[C@]12CC[C@H](OCCN3CCCC3)C[C@H]1CC[C@@H]1[C@@H]2CC[C@]2(C)[C@@](OCCCN)(c3ccnnc3)CC[C@]12O. The molecule has 218 valence electrons. The molecule has 8 atom stereocenters. The molecule has 0 spiro atoms. The summed E-state index contributed by atoms with van der Waals surface area (Å²) in [5.41, 5.74) is 5.56. The fraction of sp³-hybridized carbons (Fsp3) is 0.875. The molecule has 0 unspecified atom stereocenters. The van der Waals surface area contributed by atoms with Crippen molar-refractivity contribution in [3.05, 3.63) is 24.0 Å². The van der Waals surface area contributed by atoms with Gasteiger partial charge < -0.3 is 25.2 Å². The summed E-state index contributed by atoms with van der Waals surface area (Å²) >= 11 is 0. The van der Waals surface area contributed by atoms with E-state index < -0.39 is 11.2 Å². The van der Waals surface area contributed by atoms with Gasteiger partial charge >= 0.3 is 0 Å². The Morgan fingerprint density at radius 1 is 1.00 bits per heavy atom. The number of hydrogen-bond donors (Lipinski definition) is 2. The first-order chi connectivity index (χ1) is 18.9. The van der Waals surface area contributed by atoms with Crippen molar-refractivity contribution in [3.63, 3.8) is 0 Å². The standard InChI is InChI=1S/C32H52N4O3/c1-29-11-8-26(38-21-19-36-17-3-4-18-36)22-24(29)6-7-28-27(29)9-12-30(2)31(28,37)13-14-32(30,39-20-5-15-33)25-10-16-34-35-23-25/h10,16,23-24,26-28,37H,3-9,11-15,17-22,33H2,1-2H3/t24-,26+,27+,28-,29+,30+,31+,32+/m1/s1. The molecule has 7 heteroatoms. The van der Waals surface area contributed by atoms with Crippen LogP contribution >= 0.6 is 0 Å². The summed E-state index contributed by atoms with van der Waals surface area (Å²) in [4.78, 5) is 2.56. The molecule has 1 saturated heterocycles. The molecule has 2 heterocycles. The van der Waals surface area contributed by atoms with Gasteiger partial charge in [0, 0.05) is 30.3 Å². The molecule has 1 aliphatic heterocycles. The minimum Gasteiger partial charge on any atom is -0.389 e. The van der Waals surface area contributed by atoms with Crippen LogP contribution in [0.5, 0.6) is 0 Å². The van der Waals surface area contributed by atoms with Crippen LogP contribution < -0.4 is 5.73 Å². The molecular formula is C32H52N4O3. The average molecular weight is 541 g/mol. The number of fused-ring (bicyclic) bond motifs is 5. The summed E-state index contributed by atoms with van der Waals surface area (Å²) in [5.74, 6) is 1.59. The first kappa shape index (κ1) is 28.0. The number of likely N-dealkylation sites (tertiary alicyclic amines) is 1. The molecule has 0 radical (unpaired) electrons. The zero-order valence-electron chi connectivity index (χ0n) is 24.5. The molecule has 4 aliphatic carbocycles. The Kier molecular flexibility index (Phi) is 7.86. The maximum Gasteiger partial charge on any atom is 0.103 e. The van der Waals surface area contributed by atoms with Gasteiger partial charge in [-0.05, 0) is 126 Å². The second-order valence-electron chi connectivity index (χ2n) is 14.1. The van der Waals surface area contributed by atoms with Crippen LogP contribution in [0, 0.1) is 28.6 Å². The summed E-state index contributed by atoms with van der Waals surface area (Å²) in [7, 11) is 0. The van der Waals surface area contributed by atoms with Crippen LogP contribution in [0.25, 0.3) is 0 Å². The van der Waals surface area contributed by atoms with Crippen molar-refractivity contribution in [2.75, 3.05) is 39.4 Å². The Balaban J connectivity index is 1.19. The Morgan fingerprint density at radius 2 is 1.85 bits per heavy atom. The molecular weight excluding hydrogens is 488 g/mol. The van der Waals surface area contributed by atoms with Crippen molar-refractivity contribution in [1.29, 1.82) is 0 Å². The van der Waals surface area contributed by atoms with Gasteiger partial charge in [0.2, 0.25) is 0 Å². The maximum absolute atomic E-state index is 12.8. The van der Waals surface area contributed by atoms with E-state index in [1.165, 1.54) is 51.6 Å². The van der Waals surface area contributed by atoms with Gasteiger partial charge in [-0.3, -0.25) is 0 Å². The van der Waals surface area contributed by atoms with Crippen molar-refractivity contribution in [2.45, 2.75) is 108 Å². The second-order valence-corrected chi connectivity index (χ2v) is 14.1. The third kappa shape index (κ3) is 4.50. The fourth-order valence-corrected chi connectivity index (χ4v) is 10.3. The van der Waals surface area contributed by atoms with E-state index in [-0.39, 0.29) is 5.41 Å². The van der Waals surface area contributed by atoms with Crippen molar-refractivity contribution in [1.82, 2.24) is 15.1 Å². The van der Waals surface area contributed by atoms with Crippen LogP contribution in [0.3, 0.4) is 0 Å². The van der Waals surface area contributed by atoms with Crippen LogP contribution in [0.2, 0.25) is 0 Å². The van der Waals surface area contributed by atoms with E-state index in [9.17, 15) is 5.11 Å². The Morgan fingerprint density at radius 3 is 2.62 bits per heavy atom. The first-order valence-electron chi connectivity index (χ1n) is 16.0. The first-order valence-corrected chi connectivity index (χ1v) is 16.0. The van der Waals surface area contributed by atoms with Gasteiger partial charge in [-0.25, -0.2) is 0 Å². The fourth-order valence-electron chi connectivity index (χ4n) is 10.3. The van der Waals surface area contributed by atoms with Crippen LogP contribution in [0.15, 0.2) is 18.5 Å². The van der Waals surface area contributed by atoms with Crippen LogP contribution in [-0.2, 0) is 15.1 Å². The lowest BCUT2D eigenvalue weighted by molar-refractivity contribution is -0.249. The van der Waals surface area contributed by atoms with E-state index in [4.69, 9.17) is 15.2 Å². The van der Waals surface area contributed by atoms with E-state index in [1.807, 2.05) is 6.20 Å². The van der Waals surface area contributed by atoms with Gasteiger partial charge in [0.15, 0.2) is 0 Å². The average Bonchev–Trinajstić information content (AvgIpc) is 3.55. The van der Waals surface area contributed by atoms with Crippen molar-refractivity contribution in [2.24, 2.45) is 34.3 Å². The molecule has 6 rings (SSSR count).